The maximum absolute atomic E-state index is 13.7. The first-order chi connectivity index (χ1) is 9.60. The number of hydrogen-bond donors (Lipinski definition) is 0. The topological polar surface area (TPSA) is 0 Å². The van der Waals surface area contributed by atoms with Gasteiger partial charge in [-0.25, -0.2) is 4.39 Å². The lowest BCUT2D eigenvalue weighted by molar-refractivity contribution is 0.613. The van der Waals surface area contributed by atoms with Crippen molar-refractivity contribution in [3.63, 3.8) is 0 Å². The fourth-order valence-corrected chi connectivity index (χ4v) is 2.59. The zero-order valence-electron chi connectivity index (χ0n) is 12.7. The summed E-state index contributed by atoms with van der Waals surface area (Å²) >= 11 is 0. The van der Waals surface area contributed by atoms with Gasteiger partial charge in [-0.2, -0.15) is 0 Å². The first kappa shape index (κ1) is 14.8. The van der Waals surface area contributed by atoms with E-state index in [4.69, 9.17) is 0 Å². The number of halogens is 1. The van der Waals surface area contributed by atoms with Gasteiger partial charge in [0.05, 0.1) is 0 Å². The van der Waals surface area contributed by atoms with Gasteiger partial charge in [-0.15, -0.1) is 0 Å². The second-order valence-corrected chi connectivity index (χ2v) is 5.60. The summed E-state index contributed by atoms with van der Waals surface area (Å²) in [5, 5.41) is 0. The molecule has 0 N–H and O–H groups in total. The third-order valence-electron chi connectivity index (χ3n) is 3.84. The maximum atomic E-state index is 13.7. The minimum atomic E-state index is -0.0849. The van der Waals surface area contributed by atoms with Gasteiger partial charge in [0.2, 0.25) is 0 Å². The average molecular weight is 270 g/mol. The minimum Gasteiger partial charge on any atom is -0.207 e. The Morgan fingerprint density at radius 2 is 1.45 bits per heavy atom. The van der Waals surface area contributed by atoms with Crippen LogP contribution in [0.5, 0.6) is 0 Å². The van der Waals surface area contributed by atoms with E-state index in [9.17, 15) is 4.39 Å². The third kappa shape index (κ3) is 3.69. The Morgan fingerprint density at radius 1 is 0.850 bits per heavy atom. The Morgan fingerprint density at radius 3 is 2.05 bits per heavy atom. The Hall–Kier alpha value is -1.63. The molecule has 0 unspecified atom stereocenters. The molecule has 0 aliphatic heterocycles. The Balaban J connectivity index is 2.05. The molecular formula is C19H23F. The Labute approximate surface area is 121 Å². The van der Waals surface area contributed by atoms with Crippen LogP contribution in [-0.2, 0) is 19.3 Å². The van der Waals surface area contributed by atoms with Crippen molar-refractivity contribution in [3.05, 3.63) is 70.0 Å². The second-order valence-electron chi connectivity index (χ2n) is 5.60. The van der Waals surface area contributed by atoms with Crippen molar-refractivity contribution in [2.45, 2.75) is 46.5 Å². The number of hydrogen-bond acceptors (Lipinski definition) is 0. The SMILES string of the molecule is CCCc1ccc(CCc2cc(C)cc(F)c2C)cc1. The van der Waals surface area contributed by atoms with Crippen molar-refractivity contribution in [1.29, 1.82) is 0 Å². The average Bonchev–Trinajstić information content (AvgIpc) is 2.43. The van der Waals surface area contributed by atoms with Crippen molar-refractivity contribution in [1.82, 2.24) is 0 Å². The molecule has 2 aromatic carbocycles. The van der Waals surface area contributed by atoms with Gasteiger partial charge in [0.15, 0.2) is 0 Å². The van der Waals surface area contributed by atoms with Gasteiger partial charge in [0.25, 0.3) is 0 Å². The zero-order chi connectivity index (χ0) is 14.5. The highest BCUT2D eigenvalue weighted by atomic mass is 19.1. The van der Waals surface area contributed by atoms with Gasteiger partial charge in [-0.1, -0.05) is 43.7 Å². The third-order valence-corrected chi connectivity index (χ3v) is 3.84. The molecule has 0 amide bonds. The van der Waals surface area contributed by atoms with Crippen LogP contribution >= 0.6 is 0 Å². The fourth-order valence-electron chi connectivity index (χ4n) is 2.59. The van der Waals surface area contributed by atoms with Gasteiger partial charge in [-0.05, 0) is 67.0 Å². The standard InChI is InChI=1S/C19H23F/c1-4-5-16-6-8-17(9-7-16)10-11-18-12-14(2)13-19(20)15(18)3/h6-9,12-13H,4-5,10-11H2,1-3H3. The van der Waals surface area contributed by atoms with E-state index in [1.165, 1.54) is 17.5 Å². The summed E-state index contributed by atoms with van der Waals surface area (Å²) in [5.74, 6) is -0.0849. The molecule has 0 fully saturated rings. The van der Waals surface area contributed by atoms with Crippen LogP contribution in [0.1, 0.15) is 41.2 Å². The summed E-state index contributed by atoms with van der Waals surface area (Å²) in [5.41, 5.74) is 5.64. The predicted octanol–water partition coefficient (Wildman–Crippen LogP) is 5.18. The summed E-state index contributed by atoms with van der Waals surface area (Å²) < 4.78 is 13.7. The van der Waals surface area contributed by atoms with Crippen LogP contribution in [0.2, 0.25) is 0 Å². The van der Waals surface area contributed by atoms with E-state index >= 15 is 0 Å². The number of rotatable bonds is 5. The van der Waals surface area contributed by atoms with Crippen LogP contribution < -0.4 is 0 Å². The molecule has 2 aromatic rings. The number of benzene rings is 2. The predicted molar refractivity (Wildman–Crippen MR) is 83.7 cm³/mol. The first-order valence-electron chi connectivity index (χ1n) is 7.43. The first-order valence-corrected chi connectivity index (χ1v) is 7.43. The molecule has 1 heteroatoms. The molecule has 2 rings (SSSR count). The molecule has 0 heterocycles. The van der Waals surface area contributed by atoms with Gasteiger partial charge >= 0.3 is 0 Å². The smallest absolute Gasteiger partial charge is 0.126 e. The molecule has 0 aromatic heterocycles. The number of aryl methyl sites for hydroxylation is 4. The summed E-state index contributed by atoms with van der Waals surface area (Å²) in [6.45, 7) is 6.02. The zero-order valence-corrected chi connectivity index (χ0v) is 12.7. The van der Waals surface area contributed by atoms with Crippen molar-refractivity contribution in [3.8, 4) is 0 Å². The van der Waals surface area contributed by atoms with E-state index in [-0.39, 0.29) is 5.82 Å². The van der Waals surface area contributed by atoms with E-state index in [2.05, 4.69) is 37.3 Å². The van der Waals surface area contributed by atoms with Crippen LogP contribution in [0, 0.1) is 19.7 Å². The van der Waals surface area contributed by atoms with E-state index < -0.39 is 0 Å². The quantitative estimate of drug-likeness (QED) is 0.702. The highest BCUT2D eigenvalue weighted by Gasteiger charge is 2.06. The molecule has 0 saturated heterocycles. The molecule has 106 valence electrons. The van der Waals surface area contributed by atoms with Gasteiger partial charge < -0.3 is 0 Å². The Kier molecular flexibility index (Phi) is 4.94. The van der Waals surface area contributed by atoms with Crippen LogP contribution in [0.4, 0.5) is 4.39 Å². The van der Waals surface area contributed by atoms with E-state index in [1.807, 2.05) is 13.8 Å². The van der Waals surface area contributed by atoms with Crippen molar-refractivity contribution < 1.29 is 4.39 Å². The summed E-state index contributed by atoms with van der Waals surface area (Å²) in [4.78, 5) is 0. The largest absolute Gasteiger partial charge is 0.207 e. The fraction of sp³-hybridized carbons (Fsp3) is 0.368. The lowest BCUT2D eigenvalue weighted by Crippen LogP contribution is -1.98. The van der Waals surface area contributed by atoms with E-state index in [1.54, 1.807) is 6.07 Å². The molecule has 0 nitrogen and oxygen atoms in total. The van der Waals surface area contributed by atoms with Gasteiger partial charge in [-0.3, -0.25) is 0 Å². The molecule has 0 spiro atoms. The van der Waals surface area contributed by atoms with Crippen LogP contribution in [0.25, 0.3) is 0 Å². The Bertz CT molecular complexity index is 567. The van der Waals surface area contributed by atoms with Crippen LogP contribution in [0.3, 0.4) is 0 Å². The highest BCUT2D eigenvalue weighted by molar-refractivity contribution is 5.33. The van der Waals surface area contributed by atoms with Crippen molar-refractivity contribution in [2.75, 3.05) is 0 Å². The maximum Gasteiger partial charge on any atom is 0.126 e. The molecule has 0 radical (unpaired) electrons. The molecule has 0 bridgehead atoms. The van der Waals surface area contributed by atoms with Gasteiger partial charge in [0, 0.05) is 0 Å². The lowest BCUT2D eigenvalue weighted by Gasteiger charge is -2.09. The normalized spacial score (nSPS) is 10.8. The lowest BCUT2D eigenvalue weighted by atomic mass is 9.97. The van der Waals surface area contributed by atoms with Gasteiger partial charge in [0.1, 0.15) is 5.82 Å². The van der Waals surface area contributed by atoms with E-state index in [0.29, 0.717) is 0 Å². The summed E-state index contributed by atoms with van der Waals surface area (Å²) in [7, 11) is 0. The van der Waals surface area contributed by atoms with Crippen LogP contribution in [0.15, 0.2) is 36.4 Å². The van der Waals surface area contributed by atoms with E-state index in [0.717, 1.165) is 36.0 Å². The van der Waals surface area contributed by atoms with Crippen molar-refractivity contribution >= 4 is 0 Å². The molecule has 20 heavy (non-hydrogen) atoms. The van der Waals surface area contributed by atoms with Crippen LogP contribution in [-0.4, -0.2) is 0 Å². The minimum absolute atomic E-state index is 0.0849. The summed E-state index contributed by atoms with van der Waals surface area (Å²) in [6, 6.07) is 12.5. The van der Waals surface area contributed by atoms with Crippen molar-refractivity contribution in [2.24, 2.45) is 0 Å². The summed E-state index contributed by atoms with van der Waals surface area (Å²) in [6.07, 6.45) is 4.19. The molecular weight excluding hydrogens is 247 g/mol. The molecule has 0 aliphatic carbocycles. The second kappa shape index (κ2) is 6.69. The monoisotopic (exact) mass is 270 g/mol. The molecule has 0 saturated carbocycles. The molecule has 0 atom stereocenters. The molecule has 0 aliphatic rings. The highest BCUT2D eigenvalue weighted by Crippen LogP contribution is 2.18.